The summed E-state index contributed by atoms with van der Waals surface area (Å²) in [5.74, 6) is -0.316. The van der Waals surface area contributed by atoms with Gasteiger partial charge in [-0.25, -0.2) is 0 Å². The van der Waals surface area contributed by atoms with Crippen LogP contribution >= 0.6 is 0 Å². The molecule has 0 fully saturated rings. The molecule has 3 N–H and O–H groups in total. The molecule has 3 nitrogen and oxygen atoms in total. The molecular weight excluding hydrogens is 178 g/mol. The van der Waals surface area contributed by atoms with E-state index in [9.17, 15) is 9.90 Å². The molecule has 0 spiro atoms. The maximum atomic E-state index is 10.7. The number of aryl methyl sites for hydroxylation is 1. The number of hydrogen-bond acceptors (Lipinski definition) is 2. The number of fused-ring (bicyclic) bond motifs is 1. The number of carbonyl (C=O) groups excluding carboxylic acids is 1. The normalized spacial score (nSPS) is 19.4. The molecule has 0 saturated carbocycles. The number of aliphatic hydroxyl groups excluding tert-OH is 1. The highest BCUT2D eigenvalue weighted by Crippen LogP contribution is 2.31. The smallest absolute Gasteiger partial charge is 0.221 e. The summed E-state index contributed by atoms with van der Waals surface area (Å²) in [5, 5.41) is 9.56. The quantitative estimate of drug-likeness (QED) is 0.722. The van der Waals surface area contributed by atoms with E-state index in [0.717, 1.165) is 29.5 Å². The van der Waals surface area contributed by atoms with Crippen LogP contribution in [0, 0.1) is 0 Å². The van der Waals surface area contributed by atoms with Crippen LogP contribution in [0.3, 0.4) is 0 Å². The van der Waals surface area contributed by atoms with Crippen LogP contribution in [0.25, 0.3) is 0 Å². The minimum Gasteiger partial charge on any atom is -0.388 e. The maximum Gasteiger partial charge on any atom is 0.221 e. The second-order valence-electron chi connectivity index (χ2n) is 3.73. The molecule has 1 aromatic rings. The summed E-state index contributed by atoms with van der Waals surface area (Å²) in [6, 6.07) is 5.72. The zero-order valence-electron chi connectivity index (χ0n) is 7.86. The van der Waals surface area contributed by atoms with Gasteiger partial charge in [0.05, 0.1) is 12.5 Å². The molecule has 1 amide bonds. The highest BCUT2D eigenvalue weighted by Gasteiger charge is 2.19. The molecule has 3 heteroatoms. The topological polar surface area (TPSA) is 63.3 Å². The standard InChI is InChI=1S/C11H13NO2/c12-11(14)6-7-1-3-9-8(5-7)2-4-10(9)13/h1,3,5,10,13H,2,4,6H2,(H2,12,14). The van der Waals surface area contributed by atoms with Crippen molar-refractivity contribution in [3.05, 3.63) is 34.9 Å². The highest BCUT2D eigenvalue weighted by molar-refractivity contribution is 5.76. The van der Waals surface area contributed by atoms with E-state index in [1.54, 1.807) is 0 Å². The lowest BCUT2D eigenvalue weighted by Gasteiger charge is -2.05. The first-order chi connectivity index (χ1) is 6.66. The molecule has 0 heterocycles. The number of carbonyl (C=O) groups is 1. The van der Waals surface area contributed by atoms with Crippen LogP contribution in [0.1, 0.15) is 29.2 Å². The molecule has 14 heavy (non-hydrogen) atoms. The van der Waals surface area contributed by atoms with E-state index in [4.69, 9.17) is 5.73 Å². The van der Waals surface area contributed by atoms with Crippen LogP contribution in [0.2, 0.25) is 0 Å². The van der Waals surface area contributed by atoms with Gasteiger partial charge < -0.3 is 10.8 Å². The highest BCUT2D eigenvalue weighted by atomic mass is 16.3. The number of primary amides is 1. The summed E-state index contributed by atoms with van der Waals surface area (Å²) in [7, 11) is 0. The van der Waals surface area contributed by atoms with Gasteiger partial charge in [-0.15, -0.1) is 0 Å². The van der Waals surface area contributed by atoms with Crippen molar-refractivity contribution in [2.75, 3.05) is 0 Å². The number of benzene rings is 1. The third kappa shape index (κ3) is 1.63. The Bertz CT molecular complexity index is 374. The maximum absolute atomic E-state index is 10.7. The summed E-state index contributed by atoms with van der Waals surface area (Å²) < 4.78 is 0. The molecular formula is C11H13NO2. The van der Waals surface area contributed by atoms with E-state index < -0.39 is 0 Å². The van der Waals surface area contributed by atoms with Gasteiger partial charge in [-0.1, -0.05) is 18.2 Å². The molecule has 1 aliphatic rings. The monoisotopic (exact) mass is 191 g/mol. The molecule has 0 aromatic heterocycles. The van der Waals surface area contributed by atoms with E-state index >= 15 is 0 Å². The van der Waals surface area contributed by atoms with E-state index in [2.05, 4.69) is 0 Å². The molecule has 0 aliphatic heterocycles. The lowest BCUT2D eigenvalue weighted by molar-refractivity contribution is -0.117. The van der Waals surface area contributed by atoms with Gasteiger partial charge in [-0.3, -0.25) is 4.79 Å². The Labute approximate surface area is 82.5 Å². The Balaban J connectivity index is 2.28. The van der Waals surface area contributed by atoms with E-state index in [1.165, 1.54) is 0 Å². The second kappa shape index (κ2) is 3.42. The predicted molar refractivity (Wildman–Crippen MR) is 52.6 cm³/mol. The van der Waals surface area contributed by atoms with Crippen molar-refractivity contribution >= 4 is 5.91 Å². The van der Waals surface area contributed by atoms with E-state index in [1.807, 2.05) is 18.2 Å². The van der Waals surface area contributed by atoms with Gasteiger partial charge in [0, 0.05) is 0 Å². The largest absolute Gasteiger partial charge is 0.388 e. The number of amides is 1. The first kappa shape index (κ1) is 9.21. The Morgan fingerprint density at radius 1 is 1.57 bits per heavy atom. The fraction of sp³-hybridized carbons (Fsp3) is 0.364. The SMILES string of the molecule is NC(=O)Cc1ccc2c(c1)CCC2O. The Hall–Kier alpha value is -1.35. The van der Waals surface area contributed by atoms with Gasteiger partial charge in [0.2, 0.25) is 5.91 Å². The number of hydrogen-bond donors (Lipinski definition) is 2. The molecule has 0 saturated heterocycles. The van der Waals surface area contributed by atoms with Crippen LogP contribution < -0.4 is 5.73 Å². The number of rotatable bonds is 2. The predicted octanol–water partition coefficient (Wildman–Crippen LogP) is 0.694. The summed E-state index contributed by atoms with van der Waals surface area (Å²) in [6.07, 6.45) is 1.63. The van der Waals surface area contributed by atoms with Gasteiger partial charge >= 0.3 is 0 Å². The van der Waals surface area contributed by atoms with Crippen molar-refractivity contribution in [3.63, 3.8) is 0 Å². The van der Waals surface area contributed by atoms with Crippen molar-refractivity contribution in [3.8, 4) is 0 Å². The average molecular weight is 191 g/mol. The van der Waals surface area contributed by atoms with Crippen LogP contribution in [-0.4, -0.2) is 11.0 Å². The van der Waals surface area contributed by atoms with Crippen molar-refractivity contribution in [2.45, 2.75) is 25.4 Å². The molecule has 1 atom stereocenters. The lowest BCUT2D eigenvalue weighted by Crippen LogP contribution is -2.13. The van der Waals surface area contributed by atoms with Gasteiger partial charge in [-0.05, 0) is 29.5 Å². The summed E-state index contributed by atoms with van der Waals surface area (Å²) in [6.45, 7) is 0. The van der Waals surface area contributed by atoms with Crippen molar-refractivity contribution < 1.29 is 9.90 Å². The van der Waals surface area contributed by atoms with Crippen molar-refractivity contribution in [1.82, 2.24) is 0 Å². The summed E-state index contributed by atoms with van der Waals surface area (Å²) >= 11 is 0. The molecule has 0 radical (unpaired) electrons. The van der Waals surface area contributed by atoms with Gasteiger partial charge in [0.15, 0.2) is 0 Å². The first-order valence-electron chi connectivity index (χ1n) is 4.75. The molecule has 1 unspecified atom stereocenters. The van der Waals surface area contributed by atoms with E-state index in [0.29, 0.717) is 0 Å². The number of nitrogens with two attached hydrogens (primary N) is 1. The minimum absolute atomic E-state index is 0.281. The lowest BCUT2D eigenvalue weighted by atomic mass is 10.0. The molecule has 0 bridgehead atoms. The minimum atomic E-state index is -0.326. The summed E-state index contributed by atoms with van der Waals surface area (Å²) in [4.78, 5) is 10.7. The summed E-state index contributed by atoms with van der Waals surface area (Å²) in [5.41, 5.74) is 8.19. The number of aliphatic hydroxyl groups is 1. The molecule has 2 rings (SSSR count). The van der Waals surface area contributed by atoms with E-state index in [-0.39, 0.29) is 18.4 Å². The zero-order chi connectivity index (χ0) is 10.1. The van der Waals surface area contributed by atoms with Crippen molar-refractivity contribution in [2.24, 2.45) is 5.73 Å². The Kier molecular flexibility index (Phi) is 2.25. The van der Waals surface area contributed by atoms with Crippen LogP contribution in [0.5, 0.6) is 0 Å². The third-order valence-electron chi connectivity index (χ3n) is 2.63. The van der Waals surface area contributed by atoms with Gasteiger partial charge in [0.1, 0.15) is 0 Å². The zero-order valence-corrected chi connectivity index (χ0v) is 7.86. The third-order valence-corrected chi connectivity index (χ3v) is 2.63. The first-order valence-corrected chi connectivity index (χ1v) is 4.75. The molecule has 74 valence electrons. The van der Waals surface area contributed by atoms with Crippen LogP contribution in [-0.2, 0) is 17.6 Å². The van der Waals surface area contributed by atoms with Crippen LogP contribution in [0.15, 0.2) is 18.2 Å². The van der Waals surface area contributed by atoms with Gasteiger partial charge in [-0.2, -0.15) is 0 Å². The van der Waals surface area contributed by atoms with Crippen molar-refractivity contribution in [1.29, 1.82) is 0 Å². The average Bonchev–Trinajstić information content (AvgIpc) is 2.46. The molecule has 1 aliphatic carbocycles. The Morgan fingerprint density at radius 3 is 3.07 bits per heavy atom. The second-order valence-corrected chi connectivity index (χ2v) is 3.73. The fourth-order valence-corrected chi connectivity index (χ4v) is 1.96. The van der Waals surface area contributed by atoms with Crippen LogP contribution in [0.4, 0.5) is 0 Å². The molecule has 1 aromatic carbocycles. The Morgan fingerprint density at radius 2 is 2.36 bits per heavy atom. The fourth-order valence-electron chi connectivity index (χ4n) is 1.96. The van der Waals surface area contributed by atoms with Gasteiger partial charge in [0.25, 0.3) is 0 Å².